The Hall–Kier alpha value is -1.92. The molecule has 0 radical (unpaired) electrons. The van der Waals surface area contributed by atoms with Crippen molar-refractivity contribution in [3.63, 3.8) is 0 Å². The second-order valence-electron chi connectivity index (χ2n) is 4.65. The molecule has 0 saturated carbocycles. The highest BCUT2D eigenvalue weighted by atomic mass is 16.6. The molecule has 0 aliphatic heterocycles. The third-order valence-electron chi connectivity index (χ3n) is 2.48. The van der Waals surface area contributed by atoms with E-state index in [-0.39, 0.29) is 23.7 Å². The largest absolute Gasteiger partial charge is 0.390 e. The molecule has 18 heavy (non-hydrogen) atoms. The Balaban J connectivity index is 2.72. The summed E-state index contributed by atoms with van der Waals surface area (Å²) in [4.78, 5) is 21.8. The molecular weight excluding hydrogens is 236 g/mol. The second kappa shape index (κ2) is 5.61. The maximum Gasteiger partial charge on any atom is 0.390 e. The molecule has 0 aliphatic rings. The average molecular weight is 254 g/mol. The summed E-state index contributed by atoms with van der Waals surface area (Å²) < 4.78 is 1.49. The van der Waals surface area contributed by atoms with Crippen LogP contribution in [-0.4, -0.2) is 26.7 Å². The normalized spacial score (nSPS) is 12.5. The van der Waals surface area contributed by atoms with Crippen molar-refractivity contribution in [3.8, 4) is 0 Å². The Bertz CT molecular complexity index is 453. The van der Waals surface area contributed by atoms with Gasteiger partial charge < -0.3 is 15.4 Å². The van der Waals surface area contributed by atoms with Gasteiger partial charge in [0.1, 0.15) is 0 Å². The highest BCUT2D eigenvalue weighted by Crippen LogP contribution is 2.12. The Morgan fingerprint density at radius 3 is 2.61 bits per heavy atom. The van der Waals surface area contributed by atoms with E-state index in [0.717, 1.165) is 0 Å². The first-order chi connectivity index (χ1) is 8.31. The summed E-state index contributed by atoms with van der Waals surface area (Å²) in [7, 11) is 0. The fourth-order valence-corrected chi connectivity index (χ4v) is 1.54. The summed E-state index contributed by atoms with van der Waals surface area (Å²) in [6.45, 7) is 7.60. The fraction of sp³-hybridized carbons (Fsp3) is 0.636. The van der Waals surface area contributed by atoms with Crippen LogP contribution in [0.2, 0.25) is 0 Å². The van der Waals surface area contributed by atoms with E-state index in [0.29, 0.717) is 12.2 Å². The summed E-state index contributed by atoms with van der Waals surface area (Å²) in [5, 5.41) is 17.2. The van der Waals surface area contributed by atoms with E-state index in [1.165, 1.54) is 10.7 Å². The average Bonchev–Trinajstić information content (AvgIpc) is 2.59. The van der Waals surface area contributed by atoms with E-state index in [9.17, 15) is 14.9 Å². The SMILES string of the molecule is Cc1cc([N+](=O)[O-])nn1CC(C)C(=O)NC(C)C. The molecule has 7 nitrogen and oxygen atoms in total. The lowest BCUT2D eigenvalue weighted by molar-refractivity contribution is -0.389. The number of aryl methyl sites for hydroxylation is 1. The van der Waals surface area contributed by atoms with E-state index in [2.05, 4.69) is 10.4 Å². The number of nitro groups is 1. The molecule has 1 aromatic heterocycles. The van der Waals surface area contributed by atoms with Gasteiger partial charge in [-0.2, -0.15) is 4.68 Å². The number of hydrogen-bond acceptors (Lipinski definition) is 4. The first kappa shape index (κ1) is 14.1. The smallest absolute Gasteiger partial charge is 0.358 e. The number of nitrogens with one attached hydrogen (secondary N) is 1. The molecule has 0 aliphatic carbocycles. The van der Waals surface area contributed by atoms with Crippen molar-refractivity contribution in [2.45, 2.75) is 40.3 Å². The quantitative estimate of drug-likeness (QED) is 0.632. The van der Waals surface area contributed by atoms with E-state index in [4.69, 9.17) is 0 Å². The van der Waals surface area contributed by atoms with E-state index in [1.807, 2.05) is 13.8 Å². The zero-order valence-electron chi connectivity index (χ0n) is 11.0. The van der Waals surface area contributed by atoms with Gasteiger partial charge in [0.15, 0.2) is 0 Å². The molecule has 0 saturated heterocycles. The lowest BCUT2D eigenvalue weighted by Crippen LogP contribution is -2.36. The number of aromatic nitrogens is 2. The summed E-state index contributed by atoms with van der Waals surface area (Å²) in [5.74, 6) is -0.558. The molecule has 100 valence electrons. The summed E-state index contributed by atoms with van der Waals surface area (Å²) in [6.07, 6.45) is 0. The van der Waals surface area contributed by atoms with Crippen molar-refractivity contribution in [2.75, 3.05) is 0 Å². The molecule has 7 heteroatoms. The summed E-state index contributed by atoms with van der Waals surface area (Å²) in [6, 6.07) is 1.47. The third kappa shape index (κ3) is 3.54. The molecular formula is C11H18N4O3. The lowest BCUT2D eigenvalue weighted by Gasteiger charge is -2.13. The second-order valence-corrected chi connectivity index (χ2v) is 4.65. The highest BCUT2D eigenvalue weighted by Gasteiger charge is 2.20. The molecule has 0 aromatic carbocycles. The van der Waals surface area contributed by atoms with Gasteiger partial charge in [0, 0.05) is 6.04 Å². The Kier molecular flexibility index (Phi) is 4.41. The molecule has 1 atom stereocenters. The number of carbonyl (C=O) groups is 1. The summed E-state index contributed by atoms with van der Waals surface area (Å²) in [5.41, 5.74) is 0.672. The third-order valence-corrected chi connectivity index (χ3v) is 2.48. The van der Waals surface area contributed by atoms with Crippen LogP contribution in [0.3, 0.4) is 0 Å². The maximum absolute atomic E-state index is 11.7. The standard InChI is InChI=1S/C11H18N4O3/c1-7(2)12-11(16)8(3)6-14-9(4)5-10(13-14)15(17)18/h5,7-8H,6H2,1-4H3,(H,12,16). The van der Waals surface area contributed by atoms with Crippen LogP contribution in [0.4, 0.5) is 5.82 Å². The zero-order valence-corrected chi connectivity index (χ0v) is 11.0. The van der Waals surface area contributed by atoms with Gasteiger partial charge in [-0.3, -0.25) is 4.79 Å². The number of hydrogen-bond donors (Lipinski definition) is 1. The fourth-order valence-electron chi connectivity index (χ4n) is 1.54. The molecule has 1 N–H and O–H groups in total. The van der Waals surface area contributed by atoms with Crippen LogP contribution in [0, 0.1) is 23.0 Å². The molecule has 0 fully saturated rings. The van der Waals surface area contributed by atoms with Crippen molar-refractivity contribution in [2.24, 2.45) is 5.92 Å². The van der Waals surface area contributed by atoms with Crippen LogP contribution >= 0.6 is 0 Å². The number of amides is 1. The summed E-state index contributed by atoms with van der Waals surface area (Å²) >= 11 is 0. The topological polar surface area (TPSA) is 90.1 Å². The van der Waals surface area contributed by atoms with Gasteiger partial charge in [0.2, 0.25) is 5.91 Å². The van der Waals surface area contributed by atoms with Gasteiger partial charge in [0.25, 0.3) is 0 Å². The van der Waals surface area contributed by atoms with Gasteiger partial charge in [-0.25, -0.2) is 0 Å². The maximum atomic E-state index is 11.7. The number of rotatable bonds is 5. The molecule has 1 unspecified atom stereocenters. The van der Waals surface area contributed by atoms with E-state index < -0.39 is 4.92 Å². The van der Waals surface area contributed by atoms with Crippen molar-refractivity contribution in [1.29, 1.82) is 0 Å². The van der Waals surface area contributed by atoms with Crippen LogP contribution in [0.25, 0.3) is 0 Å². The van der Waals surface area contributed by atoms with Crippen LogP contribution in [-0.2, 0) is 11.3 Å². The van der Waals surface area contributed by atoms with Crippen LogP contribution in [0.5, 0.6) is 0 Å². The predicted molar refractivity (Wildman–Crippen MR) is 66.1 cm³/mol. The molecule has 1 amide bonds. The predicted octanol–water partition coefficient (Wildman–Crippen LogP) is 1.26. The molecule has 1 aromatic rings. The lowest BCUT2D eigenvalue weighted by atomic mass is 10.1. The van der Waals surface area contributed by atoms with Crippen molar-refractivity contribution in [1.82, 2.24) is 15.1 Å². The van der Waals surface area contributed by atoms with Crippen molar-refractivity contribution >= 4 is 11.7 Å². The van der Waals surface area contributed by atoms with Crippen LogP contribution in [0.15, 0.2) is 6.07 Å². The molecule has 0 spiro atoms. The van der Waals surface area contributed by atoms with E-state index in [1.54, 1.807) is 13.8 Å². The monoisotopic (exact) mass is 254 g/mol. The van der Waals surface area contributed by atoms with Crippen molar-refractivity contribution < 1.29 is 9.72 Å². The Morgan fingerprint density at radius 2 is 2.17 bits per heavy atom. The zero-order chi connectivity index (χ0) is 13.9. The van der Waals surface area contributed by atoms with Gasteiger partial charge in [-0.15, -0.1) is 0 Å². The molecule has 1 rings (SSSR count). The van der Waals surface area contributed by atoms with Crippen LogP contribution in [0.1, 0.15) is 26.5 Å². The number of nitrogens with zero attached hydrogens (tertiary/aromatic N) is 3. The van der Waals surface area contributed by atoms with Gasteiger partial charge in [-0.1, -0.05) is 6.92 Å². The first-order valence-electron chi connectivity index (χ1n) is 5.80. The highest BCUT2D eigenvalue weighted by molar-refractivity contribution is 5.78. The minimum absolute atomic E-state index is 0.0769. The molecule has 0 bridgehead atoms. The minimum Gasteiger partial charge on any atom is -0.358 e. The van der Waals surface area contributed by atoms with Gasteiger partial charge >= 0.3 is 5.82 Å². The van der Waals surface area contributed by atoms with Crippen LogP contribution < -0.4 is 5.32 Å². The van der Waals surface area contributed by atoms with Gasteiger partial charge in [0.05, 0.1) is 29.3 Å². The number of carbonyl (C=O) groups excluding carboxylic acids is 1. The first-order valence-corrected chi connectivity index (χ1v) is 5.80. The van der Waals surface area contributed by atoms with Gasteiger partial charge in [-0.05, 0) is 25.7 Å². The van der Waals surface area contributed by atoms with Crippen molar-refractivity contribution in [3.05, 3.63) is 21.9 Å². The molecule has 1 heterocycles. The Labute approximate surface area is 105 Å². The Morgan fingerprint density at radius 1 is 1.56 bits per heavy atom. The van der Waals surface area contributed by atoms with E-state index >= 15 is 0 Å². The minimum atomic E-state index is -0.539.